The van der Waals surface area contributed by atoms with E-state index in [2.05, 4.69) is 12.2 Å². The molecular formula is C17H20N2O. The first kappa shape index (κ1) is 14.1. The highest BCUT2D eigenvalue weighted by atomic mass is 16.2. The van der Waals surface area contributed by atoms with Crippen LogP contribution in [0.3, 0.4) is 0 Å². The maximum absolute atomic E-state index is 12.3. The number of benzene rings is 2. The molecule has 20 heavy (non-hydrogen) atoms. The number of nitrogens with zero attached hydrogens (tertiary/aromatic N) is 1. The van der Waals surface area contributed by atoms with E-state index in [1.165, 1.54) is 0 Å². The quantitative estimate of drug-likeness (QED) is 0.887. The van der Waals surface area contributed by atoms with E-state index >= 15 is 0 Å². The summed E-state index contributed by atoms with van der Waals surface area (Å²) in [4.78, 5) is 14.0. The summed E-state index contributed by atoms with van der Waals surface area (Å²) in [6, 6.07) is 15.6. The Labute approximate surface area is 120 Å². The Hall–Kier alpha value is -2.29. The lowest BCUT2D eigenvalue weighted by Crippen LogP contribution is -2.31. The monoisotopic (exact) mass is 268 g/mol. The van der Waals surface area contributed by atoms with E-state index < -0.39 is 0 Å². The number of hydrogen-bond donors (Lipinski definition) is 1. The number of para-hydroxylation sites is 2. The van der Waals surface area contributed by atoms with Crippen LogP contribution in [0.15, 0.2) is 48.5 Å². The highest BCUT2D eigenvalue weighted by Crippen LogP contribution is 2.22. The number of nitrogens with one attached hydrogen (secondary N) is 1. The van der Waals surface area contributed by atoms with E-state index in [1.54, 1.807) is 11.9 Å². The van der Waals surface area contributed by atoms with Crippen molar-refractivity contribution in [2.45, 2.75) is 20.3 Å². The van der Waals surface area contributed by atoms with Gasteiger partial charge in [-0.25, -0.2) is 4.79 Å². The van der Waals surface area contributed by atoms with Gasteiger partial charge in [-0.05, 0) is 36.6 Å². The number of anilines is 2. The molecule has 2 aromatic rings. The molecular weight excluding hydrogens is 248 g/mol. The lowest BCUT2D eigenvalue weighted by atomic mass is 10.1. The molecule has 104 valence electrons. The van der Waals surface area contributed by atoms with Gasteiger partial charge in [-0.1, -0.05) is 43.3 Å². The lowest BCUT2D eigenvalue weighted by Gasteiger charge is -2.20. The Bertz CT molecular complexity index is 593. The van der Waals surface area contributed by atoms with Crippen molar-refractivity contribution in [1.29, 1.82) is 0 Å². The van der Waals surface area contributed by atoms with Gasteiger partial charge >= 0.3 is 6.03 Å². The highest BCUT2D eigenvalue weighted by molar-refractivity contribution is 6.02. The topological polar surface area (TPSA) is 32.3 Å². The van der Waals surface area contributed by atoms with E-state index in [-0.39, 0.29) is 6.03 Å². The van der Waals surface area contributed by atoms with Crippen molar-refractivity contribution in [3.8, 4) is 0 Å². The van der Waals surface area contributed by atoms with Crippen LogP contribution in [0.1, 0.15) is 18.1 Å². The Balaban J connectivity index is 2.20. The summed E-state index contributed by atoms with van der Waals surface area (Å²) in [6.07, 6.45) is 0.895. The number of urea groups is 1. The van der Waals surface area contributed by atoms with Crippen LogP contribution in [0, 0.1) is 6.92 Å². The van der Waals surface area contributed by atoms with Gasteiger partial charge in [0.15, 0.2) is 0 Å². The molecule has 0 heterocycles. The number of aryl methyl sites for hydroxylation is 2. The van der Waals surface area contributed by atoms with E-state index in [9.17, 15) is 4.79 Å². The second-order valence-electron chi connectivity index (χ2n) is 4.79. The standard InChI is InChI=1S/C17H20N2O/c1-4-14-10-8-9-13(2)16(14)18-17(20)19(3)15-11-6-5-7-12-15/h5-12H,4H2,1-3H3,(H,18,20). The van der Waals surface area contributed by atoms with Crippen LogP contribution >= 0.6 is 0 Å². The summed E-state index contributed by atoms with van der Waals surface area (Å²) in [5.41, 5.74) is 4.03. The van der Waals surface area contributed by atoms with Crippen LogP contribution in [0.25, 0.3) is 0 Å². The van der Waals surface area contributed by atoms with Crippen LogP contribution in [0.2, 0.25) is 0 Å². The fraction of sp³-hybridized carbons (Fsp3) is 0.235. The predicted molar refractivity (Wildman–Crippen MR) is 84.4 cm³/mol. The average Bonchev–Trinajstić information content (AvgIpc) is 2.49. The molecule has 1 N–H and O–H groups in total. The van der Waals surface area contributed by atoms with E-state index in [0.717, 1.165) is 28.9 Å². The van der Waals surface area contributed by atoms with Gasteiger partial charge in [-0.15, -0.1) is 0 Å². The third-order valence-corrected chi connectivity index (χ3v) is 3.42. The molecule has 0 atom stereocenters. The molecule has 0 saturated carbocycles. The van der Waals surface area contributed by atoms with Crippen molar-refractivity contribution in [3.05, 3.63) is 59.7 Å². The van der Waals surface area contributed by atoms with Crippen molar-refractivity contribution >= 4 is 17.4 Å². The van der Waals surface area contributed by atoms with E-state index in [1.807, 2.05) is 55.5 Å². The zero-order valence-electron chi connectivity index (χ0n) is 12.2. The molecule has 0 spiro atoms. The van der Waals surface area contributed by atoms with Gasteiger partial charge in [-0.3, -0.25) is 4.90 Å². The fourth-order valence-corrected chi connectivity index (χ4v) is 2.16. The van der Waals surface area contributed by atoms with Crippen LogP contribution in [-0.2, 0) is 6.42 Å². The molecule has 2 rings (SSSR count). The second-order valence-corrected chi connectivity index (χ2v) is 4.79. The first-order valence-corrected chi connectivity index (χ1v) is 6.81. The molecule has 0 saturated heterocycles. The Morgan fingerprint density at radius 2 is 1.80 bits per heavy atom. The Morgan fingerprint density at radius 1 is 1.10 bits per heavy atom. The number of hydrogen-bond acceptors (Lipinski definition) is 1. The van der Waals surface area contributed by atoms with Gasteiger partial charge in [0, 0.05) is 18.4 Å². The molecule has 3 nitrogen and oxygen atoms in total. The van der Waals surface area contributed by atoms with E-state index in [0.29, 0.717) is 0 Å². The summed E-state index contributed by atoms with van der Waals surface area (Å²) < 4.78 is 0. The minimum absolute atomic E-state index is 0.125. The summed E-state index contributed by atoms with van der Waals surface area (Å²) in [5.74, 6) is 0. The van der Waals surface area contributed by atoms with Crippen molar-refractivity contribution in [2.24, 2.45) is 0 Å². The second kappa shape index (κ2) is 6.24. The Morgan fingerprint density at radius 3 is 2.45 bits per heavy atom. The lowest BCUT2D eigenvalue weighted by molar-refractivity contribution is 0.258. The van der Waals surface area contributed by atoms with Crippen LogP contribution < -0.4 is 10.2 Å². The van der Waals surface area contributed by atoms with Gasteiger partial charge in [0.1, 0.15) is 0 Å². The van der Waals surface area contributed by atoms with Gasteiger partial charge in [0.2, 0.25) is 0 Å². The molecule has 0 aliphatic rings. The third-order valence-electron chi connectivity index (χ3n) is 3.42. The van der Waals surface area contributed by atoms with Crippen LogP contribution in [0.5, 0.6) is 0 Å². The molecule has 0 aliphatic carbocycles. The molecule has 2 amide bonds. The maximum Gasteiger partial charge on any atom is 0.326 e. The minimum Gasteiger partial charge on any atom is -0.307 e. The normalized spacial score (nSPS) is 10.2. The maximum atomic E-state index is 12.3. The zero-order chi connectivity index (χ0) is 14.5. The number of carbonyl (C=O) groups is 1. The third kappa shape index (κ3) is 2.99. The minimum atomic E-state index is -0.125. The zero-order valence-corrected chi connectivity index (χ0v) is 12.2. The van der Waals surface area contributed by atoms with Crippen molar-refractivity contribution in [3.63, 3.8) is 0 Å². The molecule has 0 radical (unpaired) electrons. The van der Waals surface area contributed by atoms with Crippen LogP contribution in [-0.4, -0.2) is 13.1 Å². The Kier molecular flexibility index (Phi) is 4.41. The molecule has 0 aromatic heterocycles. The molecule has 2 aromatic carbocycles. The van der Waals surface area contributed by atoms with Gasteiger partial charge in [-0.2, -0.15) is 0 Å². The number of carbonyl (C=O) groups excluding carboxylic acids is 1. The van der Waals surface area contributed by atoms with Gasteiger partial charge < -0.3 is 5.32 Å². The number of amides is 2. The predicted octanol–water partition coefficient (Wildman–Crippen LogP) is 4.23. The molecule has 0 fully saturated rings. The molecule has 0 unspecified atom stereocenters. The van der Waals surface area contributed by atoms with Crippen LogP contribution in [0.4, 0.5) is 16.2 Å². The molecule has 0 bridgehead atoms. The molecule has 3 heteroatoms. The molecule has 0 aliphatic heterocycles. The summed E-state index contributed by atoms with van der Waals surface area (Å²) in [7, 11) is 1.77. The van der Waals surface area contributed by atoms with E-state index in [4.69, 9.17) is 0 Å². The summed E-state index contributed by atoms with van der Waals surface area (Å²) in [6.45, 7) is 4.10. The SMILES string of the molecule is CCc1cccc(C)c1NC(=O)N(C)c1ccccc1. The van der Waals surface area contributed by atoms with Gasteiger partial charge in [0.05, 0.1) is 0 Å². The van der Waals surface area contributed by atoms with Crippen molar-refractivity contribution < 1.29 is 4.79 Å². The van der Waals surface area contributed by atoms with Crippen molar-refractivity contribution in [1.82, 2.24) is 0 Å². The fourth-order valence-electron chi connectivity index (χ4n) is 2.16. The van der Waals surface area contributed by atoms with Gasteiger partial charge in [0.25, 0.3) is 0 Å². The highest BCUT2D eigenvalue weighted by Gasteiger charge is 2.13. The largest absolute Gasteiger partial charge is 0.326 e. The number of rotatable bonds is 3. The smallest absolute Gasteiger partial charge is 0.307 e. The summed E-state index contributed by atoms with van der Waals surface area (Å²) in [5, 5.41) is 3.01. The first-order chi connectivity index (χ1) is 9.63. The van der Waals surface area contributed by atoms with Crippen molar-refractivity contribution in [2.75, 3.05) is 17.3 Å². The average molecular weight is 268 g/mol. The summed E-state index contributed by atoms with van der Waals surface area (Å²) >= 11 is 0. The first-order valence-electron chi connectivity index (χ1n) is 6.81.